The quantitative estimate of drug-likeness (QED) is 0.283. The van der Waals surface area contributed by atoms with Crippen LogP contribution in [-0.2, 0) is 20.9 Å². The van der Waals surface area contributed by atoms with Crippen molar-refractivity contribution in [1.82, 2.24) is 14.9 Å². The van der Waals surface area contributed by atoms with Crippen LogP contribution in [0.2, 0.25) is 0 Å². The standard InChI is InChI=1S/C30H29N5O5/c1-38-28-13-22-23(15-29(28)39-11-5-10-35-8-2-3-9-35)32-19-33-30(22)34-24-14-26(37)27(16-25(24)36)40-18-21-7-4-6-20(12-21)17-31/h4,6-7,12-16,19H,2-3,5,8-11,18H2,1H3,(H,32,33,34). The number of ketones is 2. The highest BCUT2D eigenvalue weighted by atomic mass is 16.5. The number of nitriles is 1. The first kappa shape index (κ1) is 26.8. The molecule has 10 nitrogen and oxygen atoms in total. The summed E-state index contributed by atoms with van der Waals surface area (Å²) in [6.07, 6.45) is 7.15. The van der Waals surface area contributed by atoms with E-state index in [1.807, 2.05) is 0 Å². The van der Waals surface area contributed by atoms with Crippen molar-refractivity contribution in [2.45, 2.75) is 25.9 Å². The lowest BCUT2D eigenvalue weighted by Crippen LogP contribution is -2.22. The van der Waals surface area contributed by atoms with Gasteiger partial charge in [0.2, 0.25) is 11.6 Å². The van der Waals surface area contributed by atoms with Crippen LogP contribution in [-0.4, -0.2) is 59.8 Å². The molecule has 40 heavy (non-hydrogen) atoms. The molecule has 3 aromatic rings. The number of rotatable bonds is 11. The number of hydrogen-bond donors (Lipinski definition) is 1. The van der Waals surface area contributed by atoms with E-state index in [1.165, 1.54) is 25.2 Å². The highest BCUT2D eigenvalue weighted by molar-refractivity contribution is 6.20. The number of allylic oxidation sites excluding steroid dienone is 2. The van der Waals surface area contributed by atoms with Crippen molar-refractivity contribution in [2.75, 3.05) is 38.7 Å². The predicted octanol–water partition coefficient (Wildman–Crippen LogP) is 3.92. The normalized spacial score (nSPS) is 15.4. The van der Waals surface area contributed by atoms with Crippen molar-refractivity contribution in [3.05, 3.63) is 77.5 Å². The van der Waals surface area contributed by atoms with Crippen molar-refractivity contribution in [2.24, 2.45) is 0 Å². The van der Waals surface area contributed by atoms with Gasteiger partial charge in [0.1, 0.15) is 18.8 Å². The molecule has 1 fully saturated rings. The van der Waals surface area contributed by atoms with Crippen LogP contribution in [0, 0.1) is 11.3 Å². The van der Waals surface area contributed by atoms with Gasteiger partial charge in [-0.3, -0.25) is 9.59 Å². The van der Waals surface area contributed by atoms with Gasteiger partial charge in [-0.15, -0.1) is 0 Å². The number of benzene rings is 2. The van der Waals surface area contributed by atoms with Crippen molar-refractivity contribution < 1.29 is 23.8 Å². The fourth-order valence-corrected chi connectivity index (χ4v) is 4.68. The summed E-state index contributed by atoms with van der Waals surface area (Å²) in [5.74, 6) is 0.481. The lowest BCUT2D eigenvalue weighted by atomic mass is 10.1. The Balaban J connectivity index is 1.26. The van der Waals surface area contributed by atoms with Gasteiger partial charge in [-0.2, -0.15) is 5.26 Å². The Morgan fingerprint density at radius 1 is 1.02 bits per heavy atom. The van der Waals surface area contributed by atoms with Crippen molar-refractivity contribution in [1.29, 1.82) is 5.26 Å². The molecule has 204 valence electrons. The molecule has 0 atom stereocenters. The molecule has 2 heterocycles. The first-order valence-electron chi connectivity index (χ1n) is 13.1. The van der Waals surface area contributed by atoms with Gasteiger partial charge in [0.05, 0.1) is 36.6 Å². The van der Waals surface area contributed by atoms with E-state index in [2.05, 4.69) is 26.3 Å². The second kappa shape index (κ2) is 12.4. The molecule has 2 aromatic carbocycles. The van der Waals surface area contributed by atoms with Crippen LogP contribution < -0.4 is 14.8 Å². The Morgan fingerprint density at radius 2 is 1.88 bits per heavy atom. The molecular formula is C30H29N5O5. The van der Waals surface area contributed by atoms with Crippen molar-refractivity contribution >= 4 is 28.3 Å². The van der Waals surface area contributed by atoms with E-state index in [0.717, 1.165) is 32.1 Å². The molecule has 1 N–H and O–H groups in total. The van der Waals surface area contributed by atoms with Crippen molar-refractivity contribution in [3.63, 3.8) is 0 Å². The average Bonchev–Trinajstić information content (AvgIpc) is 3.50. The Hall–Kier alpha value is -4.75. The van der Waals surface area contributed by atoms with Crippen LogP contribution in [0.5, 0.6) is 11.5 Å². The number of fused-ring (bicyclic) bond motifs is 1. The molecule has 0 unspecified atom stereocenters. The average molecular weight is 540 g/mol. The van der Waals surface area contributed by atoms with E-state index >= 15 is 0 Å². The SMILES string of the molecule is COc1cc2c(NC3=CC(=O)C(OCc4cccc(C#N)c4)=CC3=O)ncnc2cc1OCCCN1CCCC1. The number of nitrogens with one attached hydrogen (secondary N) is 1. The van der Waals surface area contributed by atoms with Crippen LogP contribution >= 0.6 is 0 Å². The third kappa shape index (κ3) is 6.27. The molecule has 1 aliphatic heterocycles. The van der Waals surface area contributed by atoms with Gasteiger partial charge < -0.3 is 24.4 Å². The van der Waals surface area contributed by atoms with Gasteiger partial charge in [-0.25, -0.2) is 9.97 Å². The molecular weight excluding hydrogens is 510 g/mol. The monoisotopic (exact) mass is 539 g/mol. The zero-order valence-electron chi connectivity index (χ0n) is 22.2. The summed E-state index contributed by atoms with van der Waals surface area (Å²) in [6.45, 7) is 3.91. The van der Waals surface area contributed by atoms with Gasteiger partial charge in [-0.05, 0) is 56.1 Å². The summed E-state index contributed by atoms with van der Waals surface area (Å²) in [4.78, 5) is 36.7. The maximum absolute atomic E-state index is 12.8. The summed E-state index contributed by atoms with van der Waals surface area (Å²) >= 11 is 0. The Bertz CT molecular complexity index is 1540. The minimum Gasteiger partial charge on any atom is -0.493 e. The molecule has 0 amide bonds. The second-order valence-electron chi connectivity index (χ2n) is 9.51. The van der Waals surface area contributed by atoms with Crippen LogP contribution in [0.15, 0.2) is 66.3 Å². The number of ether oxygens (including phenoxy) is 3. The Morgan fingerprint density at radius 3 is 2.67 bits per heavy atom. The summed E-state index contributed by atoms with van der Waals surface area (Å²) in [6, 6.07) is 12.4. The topological polar surface area (TPSA) is 127 Å². The number of nitrogens with zero attached hydrogens (tertiary/aromatic N) is 4. The lowest BCUT2D eigenvalue weighted by Gasteiger charge is -2.17. The molecule has 1 saturated heterocycles. The van der Waals surface area contributed by atoms with E-state index < -0.39 is 11.6 Å². The molecule has 0 saturated carbocycles. The highest BCUT2D eigenvalue weighted by Crippen LogP contribution is 2.34. The Labute approximate surface area is 231 Å². The van der Waals surface area contributed by atoms with E-state index in [4.69, 9.17) is 19.5 Å². The fourth-order valence-electron chi connectivity index (χ4n) is 4.68. The molecule has 0 spiro atoms. The van der Waals surface area contributed by atoms with Gasteiger partial charge in [0.25, 0.3) is 0 Å². The number of anilines is 1. The van der Waals surface area contributed by atoms with Crippen LogP contribution in [0.1, 0.15) is 30.4 Å². The minimum absolute atomic E-state index is 0.0516. The smallest absolute Gasteiger partial charge is 0.222 e. The summed E-state index contributed by atoms with van der Waals surface area (Å²) < 4.78 is 17.2. The van der Waals surface area contributed by atoms with Gasteiger partial charge in [0, 0.05) is 30.1 Å². The summed E-state index contributed by atoms with van der Waals surface area (Å²) in [7, 11) is 1.56. The fraction of sp³-hybridized carbons (Fsp3) is 0.300. The molecule has 1 aromatic heterocycles. The molecule has 10 heteroatoms. The van der Waals surface area contributed by atoms with E-state index in [0.29, 0.717) is 46.0 Å². The maximum atomic E-state index is 12.8. The van der Waals surface area contributed by atoms with Crippen LogP contribution in [0.25, 0.3) is 10.9 Å². The van der Waals surface area contributed by atoms with Gasteiger partial charge >= 0.3 is 0 Å². The molecule has 0 radical (unpaired) electrons. The minimum atomic E-state index is -0.459. The van der Waals surface area contributed by atoms with Crippen molar-refractivity contribution in [3.8, 4) is 17.6 Å². The number of hydrogen-bond acceptors (Lipinski definition) is 10. The lowest BCUT2D eigenvalue weighted by molar-refractivity contribution is -0.117. The number of carbonyl (C=O) groups excluding carboxylic acids is 2. The molecule has 2 aliphatic rings. The predicted molar refractivity (Wildman–Crippen MR) is 148 cm³/mol. The van der Waals surface area contributed by atoms with E-state index in [9.17, 15) is 9.59 Å². The number of likely N-dealkylation sites (tertiary alicyclic amines) is 1. The second-order valence-corrected chi connectivity index (χ2v) is 9.51. The first-order chi connectivity index (χ1) is 19.5. The maximum Gasteiger partial charge on any atom is 0.222 e. The third-order valence-electron chi connectivity index (χ3n) is 6.75. The zero-order chi connectivity index (χ0) is 27.9. The van der Waals surface area contributed by atoms with Crippen LogP contribution in [0.4, 0.5) is 5.82 Å². The van der Waals surface area contributed by atoms with E-state index in [1.54, 1.807) is 43.5 Å². The van der Waals surface area contributed by atoms with Gasteiger partial charge in [-0.1, -0.05) is 12.1 Å². The molecule has 0 bridgehead atoms. The molecule has 5 rings (SSSR count). The number of carbonyl (C=O) groups is 2. The third-order valence-corrected chi connectivity index (χ3v) is 6.75. The number of aromatic nitrogens is 2. The molecule has 1 aliphatic carbocycles. The Kier molecular flexibility index (Phi) is 8.32. The summed E-state index contributed by atoms with van der Waals surface area (Å²) in [5, 5.41) is 12.6. The van der Waals surface area contributed by atoms with Gasteiger partial charge in [0.15, 0.2) is 17.3 Å². The largest absolute Gasteiger partial charge is 0.493 e. The highest BCUT2D eigenvalue weighted by Gasteiger charge is 2.23. The number of methoxy groups -OCH3 is 1. The first-order valence-corrected chi connectivity index (χ1v) is 13.1. The zero-order valence-corrected chi connectivity index (χ0v) is 22.2. The van der Waals surface area contributed by atoms with E-state index in [-0.39, 0.29) is 18.1 Å². The van der Waals surface area contributed by atoms with Crippen LogP contribution in [0.3, 0.4) is 0 Å². The summed E-state index contributed by atoms with van der Waals surface area (Å²) in [5.41, 5.74) is 1.86.